The minimum atomic E-state index is -0.727. The van der Waals surface area contributed by atoms with Gasteiger partial charge in [-0.1, -0.05) is 6.92 Å². The van der Waals surface area contributed by atoms with E-state index in [1.54, 1.807) is 11.3 Å². The van der Waals surface area contributed by atoms with E-state index in [9.17, 15) is 5.11 Å². The molecule has 13 heavy (non-hydrogen) atoms. The summed E-state index contributed by atoms with van der Waals surface area (Å²) < 4.78 is 0. The summed E-state index contributed by atoms with van der Waals surface area (Å²) in [5, 5.41) is 17.2. The van der Waals surface area contributed by atoms with Gasteiger partial charge in [0.15, 0.2) is 0 Å². The average molecular weight is 199 g/mol. The zero-order valence-electron chi connectivity index (χ0n) is 8.21. The van der Waals surface area contributed by atoms with Crippen LogP contribution in [-0.2, 0) is 5.60 Å². The summed E-state index contributed by atoms with van der Waals surface area (Å²) in [5.74, 6) is 0. The van der Waals surface area contributed by atoms with Crippen molar-refractivity contribution in [1.29, 1.82) is 0 Å². The molecular weight excluding hydrogens is 182 g/mol. The second kappa shape index (κ2) is 4.74. The second-order valence-corrected chi connectivity index (χ2v) is 4.24. The number of aliphatic hydroxyl groups is 1. The lowest BCUT2D eigenvalue weighted by Gasteiger charge is -2.22. The summed E-state index contributed by atoms with van der Waals surface area (Å²) >= 11 is 1.62. The molecule has 3 heteroatoms. The van der Waals surface area contributed by atoms with Crippen LogP contribution in [0.3, 0.4) is 0 Å². The maximum atomic E-state index is 10.0. The minimum absolute atomic E-state index is 0.623. The van der Waals surface area contributed by atoms with Gasteiger partial charge in [0.05, 0.1) is 5.60 Å². The van der Waals surface area contributed by atoms with Crippen molar-refractivity contribution in [3.63, 3.8) is 0 Å². The van der Waals surface area contributed by atoms with Crippen LogP contribution in [0.5, 0.6) is 0 Å². The molecule has 1 aromatic heterocycles. The Labute approximate surface area is 83.6 Å². The monoisotopic (exact) mass is 199 g/mol. The highest BCUT2D eigenvalue weighted by molar-refractivity contribution is 7.08. The van der Waals surface area contributed by atoms with Crippen LogP contribution in [0, 0.1) is 0 Å². The van der Waals surface area contributed by atoms with Crippen LogP contribution in [0.25, 0.3) is 0 Å². The van der Waals surface area contributed by atoms with Crippen LogP contribution < -0.4 is 5.32 Å². The van der Waals surface area contributed by atoms with Crippen molar-refractivity contribution in [2.75, 3.05) is 13.1 Å². The Hall–Kier alpha value is -0.380. The fourth-order valence-corrected chi connectivity index (χ4v) is 1.96. The van der Waals surface area contributed by atoms with Crippen molar-refractivity contribution in [1.82, 2.24) is 5.32 Å². The normalized spacial score (nSPS) is 15.6. The molecule has 0 saturated carbocycles. The average Bonchev–Trinajstić information content (AvgIpc) is 2.56. The number of hydrogen-bond donors (Lipinski definition) is 2. The zero-order chi connectivity index (χ0) is 9.73. The number of thiophene rings is 1. The molecule has 0 aliphatic heterocycles. The first-order valence-corrected chi connectivity index (χ1v) is 5.57. The van der Waals surface area contributed by atoms with Gasteiger partial charge >= 0.3 is 0 Å². The third kappa shape index (κ3) is 3.10. The van der Waals surface area contributed by atoms with Crippen LogP contribution in [0.1, 0.15) is 25.8 Å². The summed E-state index contributed by atoms with van der Waals surface area (Å²) in [6.07, 6.45) is 1.10. The quantitative estimate of drug-likeness (QED) is 0.710. The first kappa shape index (κ1) is 10.7. The van der Waals surface area contributed by atoms with Gasteiger partial charge in [0, 0.05) is 6.54 Å². The Balaban J connectivity index is 2.46. The molecule has 0 fully saturated rings. The van der Waals surface area contributed by atoms with E-state index in [0.717, 1.165) is 18.5 Å². The number of nitrogens with one attached hydrogen (secondary N) is 1. The first-order valence-electron chi connectivity index (χ1n) is 4.62. The van der Waals surface area contributed by atoms with Gasteiger partial charge in [-0.3, -0.25) is 0 Å². The highest BCUT2D eigenvalue weighted by atomic mass is 32.1. The molecule has 0 saturated heterocycles. The minimum Gasteiger partial charge on any atom is -0.384 e. The molecule has 74 valence electrons. The van der Waals surface area contributed by atoms with E-state index in [0.29, 0.717) is 6.54 Å². The van der Waals surface area contributed by atoms with Crippen LogP contribution in [0.15, 0.2) is 16.8 Å². The third-order valence-corrected chi connectivity index (χ3v) is 2.72. The molecule has 0 radical (unpaired) electrons. The lowest BCUT2D eigenvalue weighted by molar-refractivity contribution is 0.0577. The van der Waals surface area contributed by atoms with Crippen molar-refractivity contribution < 1.29 is 5.11 Å². The van der Waals surface area contributed by atoms with Gasteiger partial charge in [-0.05, 0) is 42.3 Å². The van der Waals surface area contributed by atoms with Crippen LogP contribution in [0.2, 0.25) is 0 Å². The SMILES string of the molecule is CCCNCC(C)(O)c1ccsc1. The Kier molecular flexibility index (Phi) is 3.90. The fraction of sp³-hybridized carbons (Fsp3) is 0.600. The maximum absolute atomic E-state index is 10.0. The van der Waals surface area contributed by atoms with Crippen molar-refractivity contribution in [3.8, 4) is 0 Å². The molecule has 0 aromatic carbocycles. The highest BCUT2D eigenvalue weighted by Gasteiger charge is 2.22. The third-order valence-electron chi connectivity index (χ3n) is 2.04. The van der Waals surface area contributed by atoms with E-state index in [2.05, 4.69) is 12.2 Å². The van der Waals surface area contributed by atoms with Crippen molar-refractivity contribution in [2.45, 2.75) is 25.9 Å². The molecule has 0 bridgehead atoms. The van der Waals surface area contributed by atoms with Crippen molar-refractivity contribution in [2.24, 2.45) is 0 Å². The standard InChI is InChI=1S/C10H17NOS/c1-3-5-11-8-10(2,12)9-4-6-13-7-9/h4,6-7,11-12H,3,5,8H2,1-2H3. The molecule has 1 aromatic rings. The number of hydrogen-bond acceptors (Lipinski definition) is 3. The van der Waals surface area contributed by atoms with Crippen LogP contribution >= 0.6 is 11.3 Å². The summed E-state index contributed by atoms with van der Waals surface area (Å²) in [7, 11) is 0. The molecule has 0 amide bonds. The summed E-state index contributed by atoms with van der Waals surface area (Å²) in [5.41, 5.74) is 0.274. The molecule has 0 spiro atoms. The van der Waals surface area contributed by atoms with Gasteiger partial charge in [-0.2, -0.15) is 11.3 Å². The smallest absolute Gasteiger partial charge is 0.1000 e. The van der Waals surface area contributed by atoms with E-state index in [1.807, 2.05) is 23.8 Å². The predicted molar refractivity (Wildman–Crippen MR) is 57.1 cm³/mol. The van der Waals surface area contributed by atoms with Crippen LogP contribution in [-0.4, -0.2) is 18.2 Å². The predicted octanol–water partition coefficient (Wildman–Crippen LogP) is 1.96. The van der Waals surface area contributed by atoms with E-state index >= 15 is 0 Å². The Morgan fingerprint density at radius 2 is 2.38 bits per heavy atom. The van der Waals surface area contributed by atoms with Gasteiger partial charge < -0.3 is 10.4 Å². The van der Waals surface area contributed by atoms with Gasteiger partial charge in [0.25, 0.3) is 0 Å². The highest BCUT2D eigenvalue weighted by Crippen LogP contribution is 2.21. The molecular formula is C10H17NOS. The number of rotatable bonds is 5. The van der Waals surface area contributed by atoms with Gasteiger partial charge in [-0.15, -0.1) is 0 Å². The Bertz CT molecular complexity index is 231. The Morgan fingerprint density at radius 3 is 2.92 bits per heavy atom. The summed E-state index contributed by atoms with van der Waals surface area (Å²) in [6, 6.07) is 1.97. The lowest BCUT2D eigenvalue weighted by atomic mass is 9.99. The molecule has 2 N–H and O–H groups in total. The molecule has 0 aliphatic carbocycles. The summed E-state index contributed by atoms with van der Waals surface area (Å²) in [4.78, 5) is 0. The molecule has 1 rings (SSSR count). The van der Waals surface area contributed by atoms with Gasteiger partial charge in [0.2, 0.25) is 0 Å². The molecule has 1 heterocycles. The van der Waals surface area contributed by atoms with E-state index in [4.69, 9.17) is 0 Å². The molecule has 1 unspecified atom stereocenters. The fourth-order valence-electron chi connectivity index (χ4n) is 1.18. The van der Waals surface area contributed by atoms with Gasteiger partial charge in [-0.25, -0.2) is 0 Å². The molecule has 0 aliphatic rings. The molecule has 2 nitrogen and oxygen atoms in total. The van der Waals surface area contributed by atoms with Crippen molar-refractivity contribution in [3.05, 3.63) is 22.4 Å². The van der Waals surface area contributed by atoms with E-state index in [1.165, 1.54) is 0 Å². The zero-order valence-corrected chi connectivity index (χ0v) is 9.03. The Morgan fingerprint density at radius 1 is 1.62 bits per heavy atom. The van der Waals surface area contributed by atoms with E-state index in [-0.39, 0.29) is 0 Å². The lowest BCUT2D eigenvalue weighted by Crippen LogP contribution is -2.35. The van der Waals surface area contributed by atoms with Gasteiger partial charge in [0.1, 0.15) is 0 Å². The molecule has 1 atom stereocenters. The topological polar surface area (TPSA) is 32.3 Å². The largest absolute Gasteiger partial charge is 0.384 e. The van der Waals surface area contributed by atoms with Crippen molar-refractivity contribution >= 4 is 11.3 Å². The van der Waals surface area contributed by atoms with Crippen LogP contribution in [0.4, 0.5) is 0 Å². The first-order chi connectivity index (χ1) is 6.17. The second-order valence-electron chi connectivity index (χ2n) is 3.46. The summed E-state index contributed by atoms with van der Waals surface area (Å²) in [6.45, 7) is 5.54. The maximum Gasteiger partial charge on any atom is 0.1000 e. The van der Waals surface area contributed by atoms with E-state index < -0.39 is 5.60 Å².